The first-order valence-electron chi connectivity index (χ1n) is 12.4. The van der Waals surface area contributed by atoms with Crippen LogP contribution in [0.1, 0.15) is 49.7 Å². The molecular formula is C27H29N9O. The van der Waals surface area contributed by atoms with Gasteiger partial charge in [0.2, 0.25) is 0 Å². The number of nitrogens with zero attached hydrogens (tertiary/aromatic N) is 9. The summed E-state index contributed by atoms with van der Waals surface area (Å²) in [6.07, 6.45) is 4.79. The number of hydrogen-bond acceptors (Lipinski definition) is 6. The molecule has 5 heterocycles. The molecule has 0 N–H and O–H groups in total. The van der Waals surface area contributed by atoms with Crippen molar-refractivity contribution in [2.45, 2.75) is 40.2 Å². The molecule has 0 atom stereocenters. The molecule has 5 aromatic rings. The van der Waals surface area contributed by atoms with Gasteiger partial charge < -0.3 is 9.47 Å². The van der Waals surface area contributed by atoms with Crippen molar-refractivity contribution in [3.05, 3.63) is 81.7 Å². The molecule has 1 aliphatic heterocycles. The van der Waals surface area contributed by atoms with Gasteiger partial charge in [-0.05, 0) is 31.9 Å². The van der Waals surface area contributed by atoms with E-state index in [2.05, 4.69) is 46.5 Å². The normalized spacial score (nSPS) is 13.4. The maximum Gasteiger partial charge on any atom is 0.259 e. The minimum Gasteiger partial charge on any atom is -0.334 e. The molecule has 37 heavy (non-hydrogen) atoms. The minimum absolute atomic E-state index is 0.0778. The van der Waals surface area contributed by atoms with Gasteiger partial charge in [-0.15, -0.1) is 10.2 Å². The fourth-order valence-corrected chi connectivity index (χ4v) is 5.24. The van der Waals surface area contributed by atoms with Gasteiger partial charge in [-0.1, -0.05) is 29.8 Å². The Bertz CT molecular complexity index is 1660. The fraction of sp³-hybridized carbons (Fsp3) is 0.333. The highest BCUT2D eigenvalue weighted by Gasteiger charge is 2.31. The summed E-state index contributed by atoms with van der Waals surface area (Å²) in [6, 6.07) is 8.54. The van der Waals surface area contributed by atoms with E-state index in [1.807, 2.05) is 42.1 Å². The molecule has 188 valence electrons. The molecule has 0 bridgehead atoms. The zero-order valence-corrected chi connectivity index (χ0v) is 21.7. The van der Waals surface area contributed by atoms with Gasteiger partial charge in [-0.3, -0.25) is 9.48 Å². The summed E-state index contributed by atoms with van der Waals surface area (Å²) >= 11 is 0. The summed E-state index contributed by atoms with van der Waals surface area (Å²) in [5.74, 6) is 0.613. The maximum absolute atomic E-state index is 13.8. The lowest BCUT2D eigenvalue weighted by Gasteiger charge is -2.27. The van der Waals surface area contributed by atoms with Crippen molar-refractivity contribution in [3.63, 3.8) is 0 Å². The second-order valence-corrected chi connectivity index (χ2v) is 9.86. The number of hydrogen-bond donors (Lipinski definition) is 0. The molecule has 10 nitrogen and oxygen atoms in total. The third-order valence-corrected chi connectivity index (χ3v) is 7.39. The number of carbonyl (C=O) groups is 1. The molecule has 0 unspecified atom stereocenters. The van der Waals surface area contributed by atoms with Gasteiger partial charge in [-0.25, -0.2) is 9.50 Å². The van der Waals surface area contributed by atoms with Crippen molar-refractivity contribution in [3.8, 4) is 11.5 Å². The van der Waals surface area contributed by atoms with Crippen molar-refractivity contribution in [1.29, 1.82) is 0 Å². The molecule has 6 rings (SSSR count). The number of aryl methyl sites for hydroxylation is 5. The van der Waals surface area contributed by atoms with Gasteiger partial charge in [0.15, 0.2) is 11.5 Å². The van der Waals surface area contributed by atoms with Gasteiger partial charge in [-0.2, -0.15) is 10.2 Å². The smallest absolute Gasteiger partial charge is 0.259 e. The van der Waals surface area contributed by atoms with E-state index in [1.54, 1.807) is 17.0 Å². The summed E-state index contributed by atoms with van der Waals surface area (Å²) < 4.78 is 5.53. The summed E-state index contributed by atoms with van der Waals surface area (Å²) in [6.45, 7) is 7.19. The Morgan fingerprint density at radius 1 is 1.08 bits per heavy atom. The number of aromatic nitrogens is 8. The highest BCUT2D eigenvalue weighted by Crippen LogP contribution is 2.30. The largest absolute Gasteiger partial charge is 0.334 e. The molecule has 1 aliphatic rings. The second kappa shape index (κ2) is 8.65. The first-order chi connectivity index (χ1) is 17.8. The van der Waals surface area contributed by atoms with Crippen LogP contribution in [0.2, 0.25) is 0 Å². The van der Waals surface area contributed by atoms with Crippen LogP contribution < -0.4 is 0 Å². The number of amides is 1. The SMILES string of the molecule is Cc1ccc(Cc2c(C)nc3c(C(=O)N4CCc5c(c(-c6nncn6C)nn5C)C4)cnn3c2C)cc1. The monoisotopic (exact) mass is 495 g/mol. The number of benzene rings is 1. The summed E-state index contributed by atoms with van der Waals surface area (Å²) in [7, 11) is 3.83. The molecule has 4 aromatic heterocycles. The van der Waals surface area contributed by atoms with Gasteiger partial charge in [0.1, 0.15) is 17.6 Å². The predicted molar refractivity (Wildman–Crippen MR) is 138 cm³/mol. The van der Waals surface area contributed by atoms with Gasteiger partial charge in [0.25, 0.3) is 5.91 Å². The molecule has 0 saturated heterocycles. The van der Waals surface area contributed by atoms with Gasteiger partial charge in [0.05, 0.1) is 12.7 Å². The van der Waals surface area contributed by atoms with Crippen LogP contribution in [0.5, 0.6) is 0 Å². The van der Waals surface area contributed by atoms with Crippen LogP contribution in [-0.2, 0) is 33.5 Å². The summed E-state index contributed by atoms with van der Waals surface area (Å²) in [4.78, 5) is 20.5. The third kappa shape index (κ3) is 3.80. The van der Waals surface area contributed by atoms with E-state index in [1.165, 1.54) is 11.1 Å². The number of carbonyl (C=O) groups excluding carboxylic acids is 1. The first kappa shape index (κ1) is 23.1. The van der Waals surface area contributed by atoms with E-state index in [0.29, 0.717) is 36.5 Å². The van der Waals surface area contributed by atoms with Crippen LogP contribution >= 0.6 is 0 Å². The zero-order chi connectivity index (χ0) is 25.8. The Morgan fingerprint density at radius 2 is 1.86 bits per heavy atom. The van der Waals surface area contributed by atoms with Gasteiger partial charge in [0, 0.05) is 56.1 Å². The zero-order valence-electron chi connectivity index (χ0n) is 21.7. The van der Waals surface area contributed by atoms with Crippen molar-refractivity contribution < 1.29 is 4.79 Å². The second-order valence-electron chi connectivity index (χ2n) is 9.86. The number of fused-ring (bicyclic) bond motifs is 2. The van der Waals surface area contributed by atoms with E-state index in [9.17, 15) is 4.79 Å². The van der Waals surface area contributed by atoms with Crippen molar-refractivity contribution in [2.24, 2.45) is 14.1 Å². The molecule has 0 radical (unpaired) electrons. The Labute approximate surface area is 214 Å². The molecule has 0 spiro atoms. The molecular weight excluding hydrogens is 466 g/mol. The lowest BCUT2D eigenvalue weighted by Crippen LogP contribution is -2.36. The lowest BCUT2D eigenvalue weighted by molar-refractivity contribution is 0.0735. The first-order valence-corrected chi connectivity index (χ1v) is 12.4. The number of rotatable bonds is 4. The highest BCUT2D eigenvalue weighted by atomic mass is 16.2. The van der Waals surface area contributed by atoms with E-state index < -0.39 is 0 Å². The Hall–Kier alpha value is -4.34. The molecule has 1 aromatic carbocycles. The Balaban J connectivity index is 1.32. The fourth-order valence-electron chi connectivity index (χ4n) is 5.24. The minimum atomic E-state index is -0.0778. The predicted octanol–water partition coefficient (Wildman–Crippen LogP) is 2.97. The Morgan fingerprint density at radius 3 is 2.59 bits per heavy atom. The van der Waals surface area contributed by atoms with Crippen LogP contribution in [0.4, 0.5) is 0 Å². The van der Waals surface area contributed by atoms with Crippen molar-refractivity contribution in [2.75, 3.05) is 6.54 Å². The van der Waals surface area contributed by atoms with Crippen LogP contribution in [0.3, 0.4) is 0 Å². The van der Waals surface area contributed by atoms with E-state index in [0.717, 1.165) is 40.3 Å². The molecule has 10 heteroatoms. The molecule has 0 aliphatic carbocycles. The molecule has 0 saturated carbocycles. The topological polar surface area (TPSA) is 99.0 Å². The third-order valence-electron chi connectivity index (χ3n) is 7.39. The van der Waals surface area contributed by atoms with E-state index >= 15 is 0 Å². The van der Waals surface area contributed by atoms with Gasteiger partial charge >= 0.3 is 0 Å². The van der Waals surface area contributed by atoms with Crippen LogP contribution in [0, 0.1) is 20.8 Å². The standard InChI is InChI=1S/C27H29N9O/c1-16-6-8-19(9-7-16)12-20-17(2)30-25-21(13-29-36(25)18(20)3)27(37)35-11-10-23-22(14-35)24(32-34(23)5)26-31-28-15-33(26)4/h6-9,13,15H,10-12,14H2,1-5H3. The highest BCUT2D eigenvalue weighted by molar-refractivity contribution is 6.00. The van der Waals surface area contributed by atoms with Crippen LogP contribution in [-0.4, -0.2) is 56.5 Å². The maximum atomic E-state index is 13.8. The van der Waals surface area contributed by atoms with Crippen molar-refractivity contribution >= 4 is 11.6 Å². The molecule has 0 fully saturated rings. The van der Waals surface area contributed by atoms with E-state index in [4.69, 9.17) is 10.1 Å². The summed E-state index contributed by atoms with van der Waals surface area (Å²) in [5, 5.41) is 17.5. The van der Waals surface area contributed by atoms with Crippen molar-refractivity contribution in [1.82, 2.24) is 44.0 Å². The average Bonchev–Trinajstić information content (AvgIpc) is 3.59. The quantitative estimate of drug-likeness (QED) is 0.380. The Kier molecular flexibility index (Phi) is 5.40. The average molecular weight is 496 g/mol. The molecule has 1 amide bonds. The summed E-state index contributed by atoms with van der Waals surface area (Å²) in [5.41, 5.74) is 9.51. The van der Waals surface area contributed by atoms with E-state index in [-0.39, 0.29) is 5.91 Å². The van der Waals surface area contributed by atoms with Crippen LogP contribution in [0.15, 0.2) is 36.8 Å². The van der Waals surface area contributed by atoms with Crippen LogP contribution in [0.25, 0.3) is 17.2 Å². The lowest BCUT2D eigenvalue weighted by atomic mass is 10.0.